The first kappa shape index (κ1) is 29.8. The van der Waals surface area contributed by atoms with E-state index in [1.807, 2.05) is 109 Å². The lowest BCUT2D eigenvalue weighted by atomic mass is 10.0. The van der Waals surface area contributed by atoms with Gasteiger partial charge in [0.05, 0.1) is 18.8 Å². The zero-order chi connectivity index (χ0) is 30.3. The van der Waals surface area contributed by atoms with Crippen LogP contribution in [0.25, 0.3) is 22.6 Å². The Bertz CT molecular complexity index is 1600. The van der Waals surface area contributed by atoms with E-state index < -0.39 is 6.29 Å². The zero-order valence-electron chi connectivity index (χ0n) is 24.4. The second kappa shape index (κ2) is 14.1. The van der Waals surface area contributed by atoms with E-state index in [1.54, 1.807) is 0 Å². The smallest absolute Gasteiger partial charge is 0.256 e. The highest BCUT2D eigenvalue weighted by Crippen LogP contribution is 2.41. The van der Waals surface area contributed by atoms with Crippen LogP contribution in [-0.4, -0.2) is 27.9 Å². The van der Waals surface area contributed by atoms with Gasteiger partial charge in [-0.25, -0.2) is 4.98 Å². The summed E-state index contributed by atoms with van der Waals surface area (Å²) in [7, 11) is 0. The second-order valence-corrected chi connectivity index (χ2v) is 11.7. The Labute approximate surface area is 261 Å². The van der Waals surface area contributed by atoms with E-state index in [9.17, 15) is 9.90 Å². The number of nitrogens with zero attached hydrogens (tertiary/aromatic N) is 1. The van der Waals surface area contributed by atoms with E-state index in [-0.39, 0.29) is 24.7 Å². The Morgan fingerprint density at radius 3 is 2.14 bits per heavy atom. The van der Waals surface area contributed by atoms with Crippen LogP contribution < -0.4 is 5.32 Å². The SMILES string of the molecule is CC(=O)NCc1ccc([C@@H]2O[C@H](CSc3nc(-c4ccccc4)c(-c4ccccc4)o3)C[C@H](c3ccc(CO)cc3)O2)cc1. The van der Waals surface area contributed by atoms with Gasteiger partial charge in [-0.3, -0.25) is 4.79 Å². The minimum absolute atomic E-state index is 0.00622. The number of amides is 1. The standard InChI is InChI=1S/C36H34N2O5S/c1-24(40)37-21-25-12-18-30(19-13-25)35-41-31(20-32(42-35)27-16-14-26(22-39)15-17-27)23-44-36-38-33(28-8-4-2-5-9-28)34(43-36)29-10-6-3-7-11-29/h2-19,31-32,35,39H,20-23H2,1H3,(H,37,40)/t31-,32+,35+/m0/s1. The molecule has 1 saturated heterocycles. The van der Waals surface area contributed by atoms with Crippen molar-refractivity contribution in [3.05, 3.63) is 131 Å². The van der Waals surface area contributed by atoms with Gasteiger partial charge in [0.1, 0.15) is 5.69 Å². The van der Waals surface area contributed by atoms with Crippen molar-refractivity contribution >= 4 is 17.7 Å². The van der Waals surface area contributed by atoms with Gasteiger partial charge in [-0.2, -0.15) is 0 Å². The molecule has 44 heavy (non-hydrogen) atoms. The topological polar surface area (TPSA) is 93.8 Å². The van der Waals surface area contributed by atoms with Crippen LogP contribution in [0.2, 0.25) is 0 Å². The van der Waals surface area contributed by atoms with Gasteiger partial charge in [0.25, 0.3) is 5.22 Å². The molecule has 1 amide bonds. The van der Waals surface area contributed by atoms with Gasteiger partial charge in [-0.15, -0.1) is 0 Å². The molecule has 0 bridgehead atoms. The molecular formula is C36H34N2O5S. The van der Waals surface area contributed by atoms with Crippen molar-refractivity contribution in [1.29, 1.82) is 0 Å². The summed E-state index contributed by atoms with van der Waals surface area (Å²) in [5.74, 6) is 1.29. The molecule has 2 heterocycles. The molecule has 0 unspecified atom stereocenters. The molecule has 224 valence electrons. The van der Waals surface area contributed by atoms with E-state index >= 15 is 0 Å². The number of ether oxygens (including phenoxy) is 2. The van der Waals surface area contributed by atoms with Crippen molar-refractivity contribution in [3.63, 3.8) is 0 Å². The fraction of sp³-hybridized carbons (Fsp3) is 0.222. The fourth-order valence-electron chi connectivity index (χ4n) is 5.15. The number of carbonyl (C=O) groups excluding carboxylic acids is 1. The number of benzene rings is 4. The van der Waals surface area contributed by atoms with Gasteiger partial charge in [0, 0.05) is 42.3 Å². The van der Waals surface area contributed by atoms with Crippen LogP contribution in [0.4, 0.5) is 0 Å². The Morgan fingerprint density at radius 2 is 1.48 bits per heavy atom. The van der Waals surface area contributed by atoms with Crippen LogP contribution in [0.1, 0.15) is 48.0 Å². The van der Waals surface area contributed by atoms with E-state index in [0.717, 1.165) is 44.8 Å². The van der Waals surface area contributed by atoms with Crippen molar-refractivity contribution in [1.82, 2.24) is 10.3 Å². The minimum atomic E-state index is -0.573. The molecule has 0 aliphatic carbocycles. The van der Waals surface area contributed by atoms with Gasteiger partial charge in [-0.05, 0) is 16.7 Å². The summed E-state index contributed by atoms with van der Waals surface area (Å²) < 4.78 is 19.4. The molecule has 0 radical (unpaired) electrons. The first-order valence-corrected chi connectivity index (χ1v) is 15.6. The lowest BCUT2D eigenvalue weighted by Gasteiger charge is -2.36. The summed E-state index contributed by atoms with van der Waals surface area (Å²) in [5, 5.41) is 12.9. The number of nitrogens with one attached hydrogen (secondary N) is 1. The van der Waals surface area contributed by atoms with E-state index in [0.29, 0.717) is 23.9 Å². The third-order valence-electron chi connectivity index (χ3n) is 7.49. The number of carbonyl (C=O) groups is 1. The highest BCUT2D eigenvalue weighted by Gasteiger charge is 2.33. The second-order valence-electron chi connectivity index (χ2n) is 10.7. The fourth-order valence-corrected chi connectivity index (χ4v) is 5.99. The molecule has 7 nitrogen and oxygen atoms in total. The normalized spacial score (nSPS) is 18.2. The molecule has 3 atom stereocenters. The number of hydrogen-bond donors (Lipinski definition) is 2. The van der Waals surface area contributed by atoms with Crippen LogP contribution in [0.15, 0.2) is 119 Å². The number of oxazole rings is 1. The predicted molar refractivity (Wildman–Crippen MR) is 170 cm³/mol. The molecule has 5 aromatic rings. The van der Waals surface area contributed by atoms with Gasteiger partial charge in [0.15, 0.2) is 12.1 Å². The molecule has 1 aliphatic heterocycles. The minimum Gasteiger partial charge on any atom is -0.431 e. The van der Waals surface area contributed by atoms with Crippen LogP contribution in [0.3, 0.4) is 0 Å². The monoisotopic (exact) mass is 606 g/mol. The average molecular weight is 607 g/mol. The number of thioether (sulfide) groups is 1. The summed E-state index contributed by atoms with van der Waals surface area (Å²) in [6.45, 7) is 1.97. The summed E-state index contributed by atoms with van der Waals surface area (Å²) in [6, 6.07) is 35.9. The first-order valence-electron chi connectivity index (χ1n) is 14.6. The maximum atomic E-state index is 11.3. The highest BCUT2D eigenvalue weighted by molar-refractivity contribution is 7.99. The third-order valence-corrected chi connectivity index (χ3v) is 8.45. The molecule has 0 spiro atoms. The van der Waals surface area contributed by atoms with E-state index in [2.05, 4.69) is 5.32 Å². The van der Waals surface area contributed by atoms with Crippen LogP contribution in [-0.2, 0) is 27.4 Å². The number of aliphatic hydroxyl groups excluding tert-OH is 1. The van der Waals surface area contributed by atoms with E-state index in [4.69, 9.17) is 18.9 Å². The van der Waals surface area contributed by atoms with Crippen molar-refractivity contribution < 1.29 is 23.8 Å². The van der Waals surface area contributed by atoms with Crippen LogP contribution >= 0.6 is 11.8 Å². The van der Waals surface area contributed by atoms with Crippen molar-refractivity contribution in [3.8, 4) is 22.6 Å². The Kier molecular flexibility index (Phi) is 9.53. The molecule has 2 N–H and O–H groups in total. The van der Waals surface area contributed by atoms with Crippen LogP contribution in [0, 0.1) is 0 Å². The quantitative estimate of drug-likeness (QED) is 0.159. The van der Waals surface area contributed by atoms with Crippen molar-refractivity contribution in [2.75, 3.05) is 5.75 Å². The lowest BCUT2D eigenvalue weighted by molar-refractivity contribution is -0.245. The molecule has 4 aromatic carbocycles. The lowest BCUT2D eigenvalue weighted by Crippen LogP contribution is -2.31. The predicted octanol–water partition coefficient (Wildman–Crippen LogP) is 7.47. The van der Waals surface area contributed by atoms with Gasteiger partial charge < -0.3 is 24.3 Å². The maximum Gasteiger partial charge on any atom is 0.256 e. The summed E-state index contributed by atoms with van der Waals surface area (Å²) >= 11 is 1.53. The Balaban J connectivity index is 1.23. The third kappa shape index (κ3) is 7.29. The maximum absolute atomic E-state index is 11.3. The van der Waals surface area contributed by atoms with Crippen molar-refractivity contribution in [2.24, 2.45) is 0 Å². The number of rotatable bonds is 10. The largest absolute Gasteiger partial charge is 0.431 e. The average Bonchev–Trinajstić information content (AvgIpc) is 3.52. The summed E-state index contributed by atoms with van der Waals surface area (Å²) in [5.41, 5.74) is 6.56. The number of hydrogen-bond acceptors (Lipinski definition) is 7. The first-order chi connectivity index (χ1) is 21.6. The number of aliphatic hydroxyl groups is 1. The van der Waals surface area contributed by atoms with Gasteiger partial charge in [-0.1, -0.05) is 121 Å². The zero-order valence-corrected chi connectivity index (χ0v) is 25.2. The summed E-state index contributed by atoms with van der Waals surface area (Å²) in [4.78, 5) is 16.2. The molecular weight excluding hydrogens is 572 g/mol. The molecule has 1 aliphatic rings. The van der Waals surface area contributed by atoms with Gasteiger partial charge >= 0.3 is 0 Å². The Hall–Kier alpha value is -4.21. The highest BCUT2D eigenvalue weighted by atomic mass is 32.2. The van der Waals surface area contributed by atoms with Gasteiger partial charge in [0.2, 0.25) is 5.91 Å². The summed E-state index contributed by atoms with van der Waals surface area (Å²) in [6.07, 6.45) is -0.264. The molecule has 1 aromatic heterocycles. The molecule has 1 fully saturated rings. The molecule has 6 rings (SSSR count). The number of aromatic nitrogens is 1. The van der Waals surface area contributed by atoms with E-state index in [1.165, 1.54) is 18.7 Å². The molecule has 8 heteroatoms. The van der Waals surface area contributed by atoms with Crippen molar-refractivity contribution in [2.45, 2.75) is 50.2 Å². The Morgan fingerprint density at radius 1 is 0.841 bits per heavy atom. The molecule has 0 saturated carbocycles. The van der Waals surface area contributed by atoms with Crippen LogP contribution in [0.5, 0.6) is 0 Å².